The zero-order chi connectivity index (χ0) is 12.6. The predicted molar refractivity (Wildman–Crippen MR) is 70.4 cm³/mol. The van der Waals surface area contributed by atoms with Crippen LogP contribution in [-0.2, 0) is 20.8 Å². The molecule has 1 fully saturated rings. The van der Waals surface area contributed by atoms with E-state index in [1.165, 1.54) is 12.0 Å². The van der Waals surface area contributed by atoms with Crippen molar-refractivity contribution >= 4 is 0 Å². The van der Waals surface area contributed by atoms with Gasteiger partial charge in [0.15, 0.2) is 0 Å². The average molecular weight is 250 g/mol. The smallest absolute Gasteiger partial charge is 0.0858 e. The highest BCUT2D eigenvalue weighted by molar-refractivity contribution is 5.13. The lowest BCUT2D eigenvalue weighted by Gasteiger charge is -2.31. The highest BCUT2D eigenvalue weighted by atomic mass is 16.5. The van der Waals surface area contributed by atoms with E-state index in [-0.39, 0.29) is 6.10 Å². The summed E-state index contributed by atoms with van der Waals surface area (Å²) in [5, 5.41) is 0. The first-order valence-corrected chi connectivity index (χ1v) is 6.62. The standard InChI is InChI=1S/C15H22O3/c1-16-11-14-8-5-9-18-15(14)12-17-10-13-6-3-2-4-7-13/h2-4,6-7,14-15H,5,8-12H2,1H3. The van der Waals surface area contributed by atoms with Crippen LogP contribution in [-0.4, -0.2) is 33.0 Å². The summed E-state index contributed by atoms with van der Waals surface area (Å²) in [4.78, 5) is 0. The maximum atomic E-state index is 5.78. The number of ether oxygens (including phenoxy) is 3. The third-order valence-electron chi connectivity index (χ3n) is 3.35. The van der Waals surface area contributed by atoms with E-state index in [1.807, 2.05) is 18.2 Å². The molecule has 2 unspecified atom stereocenters. The summed E-state index contributed by atoms with van der Waals surface area (Å²) in [6.45, 7) is 2.92. The number of hydrogen-bond acceptors (Lipinski definition) is 3. The summed E-state index contributed by atoms with van der Waals surface area (Å²) in [6, 6.07) is 10.2. The molecule has 0 aliphatic carbocycles. The highest BCUT2D eigenvalue weighted by Gasteiger charge is 2.25. The average Bonchev–Trinajstić information content (AvgIpc) is 2.42. The minimum absolute atomic E-state index is 0.183. The fourth-order valence-electron chi connectivity index (χ4n) is 2.36. The zero-order valence-corrected chi connectivity index (χ0v) is 11.0. The lowest BCUT2D eigenvalue weighted by atomic mass is 9.95. The second-order valence-electron chi connectivity index (χ2n) is 4.77. The van der Waals surface area contributed by atoms with Crippen LogP contribution in [0, 0.1) is 5.92 Å². The molecule has 1 aliphatic heterocycles. The zero-order valence-electron chi connectivity index (χ0n) is 11.0. The summed E-state index contributed by atoms with van der Waals surface area (Å²) >= 11 is 0. The molecule has 1 aliphatic rings. The summed E-state index contributed by atoms with van der Waals surface area (Å²) in [7, 11) is 1.75. The summed E-state index contributed by atoms with van der Waals surface area (Å²) in [5.41, 5.74) is 1.21. The molecule has 0 radical (unpaired) electrons. The molecule has 0 aromatic heterocycles. The largest absolute Gasteiger partial charge is 0.384 e. The Labute approximate surface area is 109 Å². The molecule has 0 amide bonds. The minimum atomic E-state index is 0.183. The molecule has 3 heteroatoms. The molecule has 2 atom stereocenters. The van der Waals surface area contributed by atoms with Gasteiger partial charge in [0.1, 0.15) is 0 Å². The second kappa shape index (κ2) is 7.52. The van der Waals surface area contributed by atoms with Crippen LogP contribution in [0.3, 0.4) is 0 Å². The van der Waals surface area contributed by atoms with Crippen LogP contribution in [0.2, 0.25) is 0 Å². The van der Waals surface area contributed by atoms with E-state index in [0.29, 0.717) is 19.1 Å². The highest BCUT2D eigenvalue weighted by Crippen LogP contribution is 2.21. The van der Waals surface area contributed by atoms with Gasteiger partial charge in [0.25, 0.3) is 0 Å². The van der Waals surface area contributed by atoms with Gasteiger partial charge in [0.2, 0.25) is 0 Å². The Morgan fingerprint density at radius 1 is 1.22 bits per heavy atom. The Kier molecular flexibility index (Phi) is 5.65. The fourth-order valence-corrected chi connectivity index (χ4v) is 2.36. The molecule has 0 saturated carbocycles. The lowest BCUT2D eigenvalue weighted by Crippen LogP contribution is -2.36. The molecular formula is C15H22O3. The molecule has 18 heavy (non-hydrogen) atoms. The molecule has 3 nitrogen and oxygen atoms in total. The van der Waals surface area contributed by atoms with Crippen LogP contribution in [0.4, 0.5) is 0 Å². The normalized spacial score (nSPS) is 24.1. The molecule has 0 N–H and O–H groups in total. The topological polar surface area (TPSA) is 27.7 Å². The van der Waals surface area contributed by atoms with Crippen molar-refractivity contribution in [3.63, 3.8) is 0 Å². The molecule has 1 aromatic rings. The Morgan fingerprint density at radius 2 is 2.06 bits per heavy atom. The minimum Gasteiger partial charge on any atom is -0.384 e. The van der Waals surface area contributed by atoms with Gasteiger partial charge in [0, 0.05) is 19.6 Å². The summed E-state index contributed by atoms with van der Waals surface area (Å²) in [5.74, 6) is 0.472. The van der Waals surface area contributed by atoms with E-state index in [0.717, 1.165) is 19.6 Å². The van der Waals surface area contributed by atoms with E-state index in [1.54, 1.807) is 7.11 Å². The Hall–Kier alpha value is -0.900. The van der Waals surface area contributed by atoms with Crippen LogP contribution >= 0.6 is 0 Å². The first-order chi connectivity index (χ1) is 8.90. The van der Waals surface area contributed by atoms with Crippen molar-refractivity contribution in [2.24, 2.45) is 5.92 Å². The Morgan fingerprint density at radius 3 is 2.83 bits per heavy atom. The van der Waals surface area contributed by atoms with E-state index in [4.69, 9.17) is 14.2 Å². The van der Waals surface area contributed by atoms with Gasteiger partial charge in [0.05, 0.1) is 25.9 Å². The van der Waals surface area contributed by atoms with Gasteiger partial charge in [-0.05, 0) is 18.4 Å². The molecule has 1 aromatic carbocycles. The predicted octanol–water partition coefficient (Wildman–Crippen LogP) is 2.64. The van der Waals surface area contributed by atoms with Gasteiger partial charge in [-0.15, -0.1) is 0 Å². The third kappa shape index (κ3) is 4.09. The molecule has 0 spiro atoms. The van der Waals surface area contributed by atoms with Gasteiger partial charge in [-0.2, -0.15) is 0 Å². The van der Waals surface area contributed by atoms with Gasteiger partial charge in [-0.3, -0.25) is 0 Å². The van der Waals surface area contributed by atoms with Crippen molar-refractivity contribution in [1.82, 2.24) is 0 Å². The summed E-state index contributed by atoms with van der Waals surface area (Å²) < 4.78 is 16.8. The SMILES string of the molecule is COCC1CCCOC1COCc1ccccc1. The maximum Gasteiger partial charge on any atom is 0.0858 e. The molecule has 100 valence electrons. The van der Waals surface area contributed by atoms with Crippen molar-refractivity contribution in [2.45, 2.75) is 25.6 Å². The van der Waals surface area contributed by atoms with Crippen molar-refractivity contribution in [3.05, 3.63) is 35.9 Å². The molecule has 1 saturated heterocycles. The van der Waals surface area contributed by atoms with Gasteiger partial charge in [-0.1, -0.05) is 30.3 Å². The lowest BCUT2D eigenvalue weighted by molar-refractivity contribution is -0.0912. The first kappa shape index (κ1) is 13.5. The van der Waals surface area contributed by atoms with Gasteiger partial charge >= 0.3 is 0 Å². The monoisotopic (exact) mass is 250 g/mol. The van der Waals surface area contributed by atoms with Crippen LogP contribution < -0.4 is 0 Å². The molecular weight excluding hydrogens is 228 g/mol. The third-order valence-corrected chi connectivity index (χ3v) is 3.35. The number of methoxy groups -OCH3 is 1. The molecule has 1 heterocycles. The van der Waals surface area contributed by atoms with E-state index in [2.05, 4.69) is 12.1 Å². The van der Waals surface area contributed by atoms with Gasteiger partial charge < -0.3 is 14.2 Å². The van der Waals surface area contributed by atoms with Crippen molar-refractivity contribution in [2.75, 3.05) is 26.9 Å². The van der Waals surface area contributed by atoms with Crippen LogP contribution in [0.5, 0.6) is 0 Å². The van der Waals surface area contributed by atoms with Crippen molar-refractivity contribution in [1.29, 1.82) is 0 Å². The molecule has 2 rings (SSSR count). The van der Waals surface area contributed by atoms with E-state index < -0.39 is 0 Å². The maximum absolute atomic E-state index is 5.78. The number of rotatable bonds is 6. The first-order valence-electron chi connectivity index (χ1n) is 6.62. The van der Waals surface area contributed by atoms with E-state index in [9.17, 15) is 0 Å². The second-order valence-corrected chi connectivity index (χ2v) is 4.77. The summed E-state index contributed by atoms with van der Waals surface area (Å²) in [6.07, 6.45) is 2.48. The van der Waals surface area contributed by atoms with Gasteiger partial charge in [-0.25, -0.2) is 0 Å². The Bertz CT molecular complexity index is 324. The fraction of sp³-hybridized carbons (Fsp3) is 0.600. The van der Waals surface area contributed by atoms with Crippen LogP contribution in [0.1, 0.15) is 18.4 Å². The van der Waals surface area contributed by atoms with Crippen molar-refractivity contribution < 1.29 is 14.2 Å². The number of benzene rings is 1. The molecule has 0 bridgehead atoms. The van der Waals surface area contributed by atoms with Crippen LogP contribution in [0.15, 0.2) is 30.3 Å². The van der Waals surface area contributed by atoms with E-state index >= 15 is 0 Å². The van der Waals surface area contributed by atoms with Crippen molar-refractivity contribution in [3.8, 4) is 0 Å². The number of hydrogen-bond donors (Lipinski definition) is 0. The van der Waals surface area contributed by atoms with Crippen LogP contribution in [0.25, 0.3) is 0 Å². The Balaban J connectivity index is 1.74. The quantitative estimate of drug-likeness (QED) is 0.777.